The number of hydrogen-bond donors (Lipinski definition) is 0. The molecule has 60 valence electrons. The van der Waals surface area contributed by atoms with Crippen molar-refractivity contribution < 1.29 is 9.63 Å². The Bertz CT molecular complexity index is 201. The van der Waals surface area contributed by atoms with Crippen LogP contribution < -0.4 is 0 Å². The molecule has 0 fully saturated rings. The molecule has 1 rings (SSSR count). The molecule has 0 aromatic carbocycles. The Hall–Kier alpha value is -1.45. The van der Waals surface area contributed by atoms with Gasteiger partial charge >= 0.3 is 5.97 Å². The van der Waals surface area contributed by atoms with Crippen LogP contribution in [0.15, 0.2) is 25.2 Å². The van der Waals surface area contributed by atoms with E-state index in [4.69, 9.17) is 4.84 Å². The number of carbonyl (C=O) groups is 1. The summed E-state index contributed by atoms with van der Waals surface area (Å²) in [5, 5.41) is 1.43. The smallest absolute Gasteiger partial charge is 0.329 e. The zero-order valence-corrected chi connectivity index (χ0v) is 6.36. The molecule has 4 nitrogen and oxygen atoms in total. The van der Waals surface area contributed by atoms with Gasteiger partial charge in [0.05, 0.1) is 6.20 Å². The average molecular weight is 154 g/mol. The summed E-state index contributed by atoms with van der Waals surface area (Å²) in [6.45, 7) is 5.45. The fourth-order valence-electron chi connectivity index (χ4n) is 0.758. The molecule has 0 N–H and O–H groups in total. The monoisotopic (exact) mass is 154 g/mol. The molecule has 1 aliphatic rings. The highest BCUT2D eigenvalue weighted by Crippen LogP contribution is 2.06. The lowest BCUT2D eigenvalue weighted by Crippen LogP contribution is -2.23. The maximum absolute atomic E-state index is 10.5. The van der Waals surface area contributed by atoms with Crippen molar-refractivity contribution in [3.05, 3.63) is 25.2 Å². The second kappa shape index (κ2) is 3.09. The number of rotatable bonds is 2. The number of carbonyl (C=O) groups excluding carboxylic acids is 1. The molecule has 0 spiro atoms. The molecule has 1 heterocycles. The Morgan fingerprint density at radius 3 is 2.91 bits per heavy atom. The molecule has 4 heteroatoms. The fraction of sp³-hybridized carbons (Fsp3) is 0.286. The minimum absolute atomic E-state index is 0.319. The first-order valence-corrected chi connectivity index (χ1v) is 3.24. The van der Waals surface area contributed by atoms with Crippen LogP contribution in [0, 0.1) is 0 Å². The normalized spacial score (nSPS) is 15.4. The van der Waals surface area contributed by atoms with Crippen molar-refractivity contribution in [3.63, 3.8) is 0 Å². The molecule has 0 bridgehead atoms. The maximum atomic E-state index is 10.5. The van der Waals surface area contributed by atoms with Crippen molar-refractivity contribution in [2.24, 2.45) is 0 Å². The minimum atomic E-state index is -0.319. The Morgan fingerprint density at radius 1 is 1.73 bits per heavy atom. The van der Waals surface area contributed by atoms with Crippen LogP contribution in [0.2, 0.25) is 0 Å². The first-order chi connectivity index (χ1) is 5.22. The van der Waals surface area contributed by atoms with E-state index in [2.05, 4.69) is 6.58 Å². The number of nitrogens with zero attached hydrogens (tertiary/aromatic N) is 2. The van der Waals surface area contributed by atoms with Crippen molar-refractivity contribution in [2.75, 3.05) is 6.67 Å². The van der Waals surface area contributed by atoms with Crippen LogP contribution in [0.5, 0.6) is 0 Å². The second-order valence-electron chi connectivity index (χ2n) is 2.14. The molecule has 0 saturated carbocycles. The summed E-state index contributed by atoms with van der Waals surface area (Å²) in [6.07, 6.45) is 5.10. The number of hydroxylamine groups is 2. The summed E-state index contributed by atoms with van der Waals surface area (Å²) in [6, 6.07) is 0. The van der Waals surface area contributed by atoms with E-state index in [-0.39, 0.29) is 5.97 Å². The molecular weight excluding hydrogens is 144 g/mol. The highest BCUT2D eigenvalue weighted by molar-refractivity contribution is 5.65. The molecule has 0 amide bonds. The standard InChI is InChI=1S/C7H10N2O2/c1-3-8-4-5-9(6-8)11-7(2)10/h3-5H,1,6H2,2H3. The molecule has 0 unspecified atom stereocenters. The van der Waals surface area contributed by atoms with Gasteiger partial charge in [-0.05, 0) is 6.20 Å². The van der Waals surface area contributed by atoms with Gasteiger partial charge in [-0.2, -0.15) is 5.06 Å². The summed E-state index contributed by atoms with van der Waals surface area (Å²) in [7, 11) is 0. The van der Waals surface area contributed by atoms with E-state index in [1.807, 2.05) is 0 Å². The quantitative estimate of drug-likeness (QED) is 0.584. The van der Waals surface area contributed by atoms with Crippen molar-refractivity contribution in [3.8, 4) is 0 Å². The third-order valence-electron chi connectivity index (χ3n) is 1.21. The van der Waals surface area contributed by atoms with Crippen molar-refractivity contribution in [1.82, 2.24) is 9.96 Å². The SMILES string of the molecule is C=CN1C=CN(OC(C)=O)C1. The van der Waals surface area contributed by atoms with E-state index in [1.165, 1.54) is 12.0 Å². The highest BCUT2D eigenvalue weighted by atomic mass is 16.7. The Morgan fingerprint density at radius 2 is 2.45 bits per heavy atom. The van der Waals surface area contributed by atoms with E-state index in [0.29, 0.717) is 6.67 Å². The molecule has 0 aromatic heterocycles. The summed E-state index contributed by atoms with van der Waals surface area (Å²) < 4.78 is 0. The zero-order valence-electron chi connectivity index (χ0n) is 6.36. The van der Waals surface area contributed by atoms with Crippen LogP contribution in [0.4, 0.5) is 0 Å². The third-order valence-corrected chi connectivity index (χ3v) is 1.21. The molecule has 0 saturated heterocycles. The first-order valence-electron chi connectivity index (χ1n) is 3.24. The van der Waals surface area contributed by atoms with Gasteiger partial charge in [-0.25, -0.2) is 0 Å². The fourth-order valence-corrected chi connectivity index (χ4v) is 0.758. The van der Waals surface area contributed by atoms with Gasteiger partial charge in [-0.15, -0.1) is 0 Å². The van der Waals surface area contributed by atoms with E-state index in [0.717, 1.165) is 0 Å². The Labute approximate surface area is 65.3 Å². The van der Waals surface area contributed by atoms with Gasteiger partial charge in [0.1, 0.15) is 6.67 Å². The number of hydrogen-bond acceptors (Lipinski definition) is 4. The zero-order chi connectivity index (χ0) is 8.27. The average Bonchev–Trinajstić information content (AvgIpc) is 2.34. The lowest BCUT2D eigenvalue weighted by molar-refractivity contribution is -0.176. The largest absolute Gasteiger partial charge is 0.340 e. The lowest BCUT2D eigenvalue weighted by atomic mass is 10.8. The van der Waals surface area contributed by atoms with Crippen LogP contribution in [-0.4, -0.2) is 22.6 Å². The molecular formula is C7H10N2O2. The van der Waals surface area contributed by atoms with Crippen LogP contribution in [-0.2, 0) is 9.63 Å². The van der Waals surface area contributed by atoms with Crippen LogP contribution in [0.3, 0.4) is 0 Å². The van der Waals surface area contributed by atoms with Crippen molar-refractivity contribution in [1.29, 1.82) is 0 Å². The molecule has 0 aliphatic carbocycles. The van der Waals surface area contributed by atoms with Crippen molar-refractivity contribution >= 4 is 5.97 Å². The van der Waals surface area contributed by atoms with Gasteiger partial charge in [-0.1, -0.05) is 6.58 Å². The predicted molar refractivity (Wildman–Crippen MR) is 39.6 cm³/mol. The van der Waals surface area contributed by atoms with Crippen LogP contribution >= 0.6 is 0 Å². The summed E-state index contributed by atoms with van der Waals surface area (Å²) >= 11 is 0. The summed E-state index contributed by atoms with van der Waals surface area (Å²) in [4.78, 5) is 17.0. The molecule has 1 aliphatic heterocycles. The topological polar surface area (TPSA) is 32.8 Å². The van der Waals surface area contributed by atoms with E-state index in [9.17, 15) is 4.79 Å². The lowest BCUT2D eigenvalue weighted by Gasteiger charge is -2.15. The van der Waals surface area contributed by atoms with Crippen LogP contribution in [0.1, 0.15) is 6.92 Å². The van der Waals surface area contributed by atoms with Crippen LogP contribution in [0.25, 0.3) is 0 Å². The maximum Gasteiger partial charge on any atom is 0.329 e. The Balaban J connectivity index is 2.37. The van der Waals surface area contributed by atoms with Gasteiger partial charge in [0.25, 0.3) is 0 Å². The van der Waals surface area contributed by atoms with Gasteiger partial charge < -0.3 is 9.74 Å². The summed E-state index contributed by atoms with van der Waals surface area (Å²) in [5.41, 5.74) is 0. The summed E-state index contributed by atoms with van der Waals surface area (Å²) in [5.74, 6) is -0.319. The van der Waals surface area contributed by atoms with Gasteiger partial charge in [0.2, 0.25) is 0 Å². The second-order valence-corrected chi connectivity index (χ2v) is 2.14. The van der Waals surface area contributed by atoms with E-state index in [1.54, 1.807) is 23.5 Å². The molecule has 0 atom stereocenters. The van der Waals surface area contributed by atoms with Gasteiger partial charge in [-0.3, -0.25) is 4.79 Å². The van der Waals surface area contributed by atoms with E-state index < -0.39 is 0 Å². The van der Waals surface area contributed by atoms with Gasteiger partial charge in [0, 0.05) is 13.1 Å². The van der Waals surface area contributed by atoms with E-state index >= 15 is 0 Å². The molecule has 0 radical (unpaired) electrons. The minimum Gasteiger partial charge on any atom is -0.340 e. The first kappa shape index (κ1) is 7.65. The predicted octanol–water partition coefficient (Wildman–Crippen LogP) is 0.654. The molecule has 11 heavy (non-hydrogen) atoms. The third kappa shape index (κ3) is 2.00. The highest BCUT2D eigenvalue weighted by Gasteiger charge is 2.11. The molecule has 0 aromatic rings. The Kier molecular flexibility index (Phi) is 2.15. The van der Waals surface area contributed by atoms with Gasteiger partial charge in [0.15, 0.2) is 0 Å². The van der Waals surface area contributed by atoms with Crippen molar-refractivity contribution in [2.45, 2.75) is 6.92 Å².